The van der Waals surface area contributed by atoms with E-state index in [0.29, 0.717) is 5.02 Å². The highest BCUT2D eigenvalue weighted by atomic mass is 35.5. The highest BCUT2D eigenvalue weighted by Gasteiger charge is 2.14. The van der Waals surface area contributed by atoms with Gasteiger partial charge in [0.2, 0.25) is 0 Å². The summed E-state index contributed by atoms with van der Waals surface area (Å²) in [5.74, 6) is -2.51. The van der Waals surface area contributed by atoms with Crippen molar-refractivity contribution in [1.82, 2.24) is 0 Å². The molecule has 1 aromatic carbocycles. The summed E-state index contributed by atoms with van der Waals surface area (Å²) in [5, 5.41) is 8.67. The molecule has 3 N–H and O–H groups in total. The van der Waals surface area contributed by atoms with Gasteiger partial charge in [0.05, 0.1) is 10.7 Å². The molecule has 0 aliphatic rings. The molecule has 0 fully saturated rings. The lowest BCUT2D eigenvalue weighted by atomic mass is 10.1. The van der Waals surface area contributed by atoms with E-state index in [4.69, 9.17) is 22.4 Å². The lowest BCUT2D eigenvalue weighted by molar-refractivity contribution is -0.131. The Kier molecular flexibility index (Phi) is 2.53. The summed E-state index contributed by atoms with van der Waals surface area (Å²) in [7, 11) is 0. The number of nitrogens with two attached hydrogens (primary N) is 1. The molecule has 5 heteroatoms. The third-order valence-electron chi connectivity index (χ3n) is 1.45. The van der Waals surface area contributed by atoms with Crippen molar-refractivity contribution in [2.75, 3.05) is 5.73 Å². The Morgan fingerprint density at radius 2 is 2.00 bits per heavy atom. The highest BCUT2D eigenvalue weighted by Crippen LogP contribution is 2.19. The highest BCUT2D eigenvalue weighted by molar-refractivity contribution is 6.40. The summed E-state index contributed by atoms with van der Waals surface area (Å²) in [6, 6.07) is 3.93. The van der Waals surface area contributed by atoms with E-state index in [1.807, 2.05) is 0 Å². The maximum atomic E-state index is 10.9. The van der Waals surface area contributed by atoms with Crippen molar-refractivity contribution in [3.05, 3.63) is 28.8 Å². The van der Waals surface area contributed by atoms with E-state index in [9.17, 15) is 9.59 Å². The number of rotatable bonds is 2. The summed E-state index contributed by atoms with van der Waals surface area (Å²) in [4.78, 5) is 21.2. The van der Waals surface area contributed by atoms with E-state index in [1.54, 1.807) is 0 Å². The second kappa shape index (κ2) is 3.45. The van der Waals surface area contributed by atoms with E-state index < -0.39 is 11.8 Å². The van der Waals surface area contributed by atoms with Crippen molar-refractivity contribution in [3.8, 4) is 0 Å². The average molecular weight is 200 g/mol. The molecule has 1 aromatic rings. The van der Waals surface area contributed by atoms with Gasteiger partial charge in [-0.15, -0.1) is 0 Å². The van der Waals surface area contributed by atoms with Crippen molar-refractivity contribution in [1.29, 1.82) is 0 Å². The molecule has 0 spiro atoms. The smallest absolute Gasteiger partial charge is 0.377 e. The third kappa shape index (κ3) is 1.97. The molecule has 0 radical (unpaired) electrons. The standard InChI is InChI=1S/C8H6ClNO3/c9-5-2-1-4(3-6(5)10)7(11)8(12)13/h1-3H,10H2,(H,12,13). The van der Waals surface area contributed by atoms with Gasteiger partial charge in [-0.3, -0.25) is 4.79 Å². The fourth-order valence-corrected chi connectivity index (χ4v) is 0.926. The van der Waals surface area contributed by atoms with Crippen molar-refractivity contribution < 1.29 is 14.7 Å². The molecule has 4 nitrogen and oxygen atoms in total. The van der Waals surface area contributed by atoms with Gasteiger partial charge in [-0.1, -0.05) is 11.6 Å². The van der Waals surface area contributed by atoms with Gasteiger partial charge in [0, 0.05) is 5.56 Å². The van der Waals surface area contributed by atoms with Crippen LogP contribution in [-0.4, -0.2) is 16.9 Å². The zero-order chi connectivity index (χ0) is 10.0. The minimum absolute atomic E-state index is 0.0226. The fraction of sp³-hybridized carbons (Fsp3) is 0. The topological polar surface area (TPSA) is 80.4 Å². The van der Waals surface area contributed by atoms with Gasteiger partial charge in [-0.05, 0) is 18.2 Å². The predicted octanol–water partition coefficient (Wildman–Crippen LogP) is 1.19. The molecule has 0 bridgehead atoms. The van der Waals surface area contributed by atoms with Gasteiger partial charge in [0.15, 0.2) is 0 Å². The summed E-state index contributed by atoms with van der Waals surface area (Å²) in [5.41, 5.74) is 5.59. The summed E-state index contributed by atoms with van der Waals surface area (Å²) >= 11 is 5.58. The number of anilines is 1. The molecule has 13 heavy (non-hydrogen) atoms. The van der Waals surface area contributed by atoms with E-state index in [-0.39, 0.29) is 11.3 Å². The second-order valence-electron chi connectivity index (χ2n) is 2.37. The van der Waals surface area contributed by atoms with E-state index in [2.05, 4.69) is 0 Å². The number of Topliss-reactive ketones (excluding diaryl/α,β-unsaturated/α-hetero) is 1. The van der Waals surface area contributed by atoms with Crippen molar-refractivity contribution in [3.63, 3.8) is 0 Å². The van der Waals surface area contributed by atoms with Crippen LogP contribution in [0.3, 0.4) is 0 Å². The monoisotopic (exact) mass is 199 g/mol. The first-order valence-electron chi connectivity index (χ1n) is 3.35. The van der Waals surface area contributed by atoms with Crippen molar-refractivity contribution in [2.24, 2.45) is 0 Å². The molecule has 0 aliphatic carbocycles. The van der Waals surface area contributed by atoms with E-state index in [1.165, 1.54) is 18.2 Å². The Hall–Kier alpha value is -1.55. The number of carbonyl (C=O) groups is 2. The van der Waals surface area contributed by atoms with Crippen LogP contribution < -0.4 is 5.73 Å². The van der Waals surface area contributed by atoms with Crippen molar-refractivity contribution >= 4 is 29.0 Å². The first-order chi connectivity index (χ1) is 6.02. The predicted molar refractivity (Wildman–Crippen MR) is 47.8 cm³/mol. The van der Waals surface area contributed by atoms with Crippen LogP contribution in [-0.2, 0) is 4.79 Å². The van der Waals surface area contributed by atoms with Crippen LogP contribution in [0.4, 0.5) is 5.69 Å². The van der Waals surface area contributed by atoms with Crippen molar-refractivity contribution in [2.45, 2.75) is 0 Å². The van der Waals surface area contributed by atoms with Crippen LogP contribution >= 0.6 is 11.6 Å². The maximum Gasteiger partial charge on any atom is 0.377 e. The SMILES string of the molecule is Nc1cc(C(=O)C(=O)O)ccc1Cl. The van der Waals surface area contributed by atoms with Gasteiger partial charge in [0.25, 0.3) is 5.78 Å². The number of aliphatic carboxylic acids is 1. The van der Waals surface area contributed by atoms with Crippen LogP contribution in [0.5, 0.6) is 0 Å². The van der Waals surface area contributed by atoms with Gasteiger partial charge < -0.3 is 10.8 Å². The molecule has 0 heterocycles. The van der Waals surface area contributed by atoms with E-state index >= 15 is 0 Å². The fourth-order valence-electron chi connectivity index (χ4n) is 0.808. The number of halogens is 1. The Balaban J connectivity index is 3.11. The minimum Gasteiger partial charge on any atom is -0.475 e. The lowest BCUT2D eigenvalue weighted by Gasteiger charge is -1.99. The van der Waals surface area contributed by atoms with Crippen LogP contribution in [0.15, 0.2) is 18.2 Å². The molecule has 0 amide bonds. The van der Waals surface area contributed by atoms with Crippen LogP contribution in [0.2, 0.25) is 5.02 Å². The zero-order valence-electron chi connectivity index (χ0n) is 6.45. The maximum absolute atomic E-state index is 10.9. The van der Waals surface area contributed by atoms with E-state index in [0.717, 1.165) is 0 Å². The first kappa shape index (κ1) is 9.54. The van der Waals surface area contributed by atoms with Gasteiger partial charge in [0.1, 0.15) is 0 Å². The molecule has 1 rings (SSSR count). The Labute approximate surface area is 78.9 Å². The molecule has 0 atom stereocenters. The summed E-state index contributed by atoms with van der Waals surface area (Å²) in [6.45, 7) is 0. The second-order valence-corrected chi connectivity index (χ2v) is 2.78. The molecule has 0 saturated heterocycles. The van der Waals surface area contributed by atoms with Crippen LogP contribution in [0, 0.1) is 0 Å². The molecular weight excluding hydrogens is 194 g/mol. The average Bonchev–Trinajstić information content (AvgIpc) is 2.08. The summed E-state index contributed by atoms with van der Waals surface area (Å²) in [6.07, 6.45) is 0. The molecule has 0 saturated carbocycles. The number of nitrogen functional groups attached to an aromatic ring is 1. The van der Waals surface area contributed by atoms with Gasteiger partial charge in [-0.25, -0.2) is 4.79 Å². The molecule has 0 unspecified atom stereocenters. The van der Waals surface area contributed by atoms with Gasteiger partial charge in [-0.2, -0.15) is 0 Å². The molecular formula is C8H6ClNO3. The molecule has 0 aromatic heterocycles. The third-order valence-corrected chi connectivity index (χ3v) is 1.80. The number of hydrogen-bond acceptors (Lipinski definition) is 3. The minimum atomic E-state index is -1.51. The quantitative estimate of drug-likeness (QED) is 0.426. The number of ketones is 1. The Morgan fingerprint density at radius 1 is 1.38 bits per heavy atom. The number of carbonyl (C=O) groups excluding carboxylic acids is 1. The number of benzene rings is 1. The zero-order valence-corrected chi connectivity index (χ0v) is 7.21. The van der Waals surface area contributed by atoms with Gasteiger partial charge >= 0.3 is 5.97 Å². The largest absolute Gasteiger partial charge is 0.475 e. The van der Waals surface area contributed by atoms with Crippen LogP contribution in [0.1, 0.15) is 10.4 Å². The molecule has 0 aliphatic heterocycles. The first-order valence-corrected chi connectivity index (χ1v) is 3.73. The number of carboxylic acids is 1. The lowest BCUT2D eigenvalue weighted by Crippen LogP contribution is -2.12. The molecule has 68 valence electrons. The number of hydrogen-bond donors (Lipinski definition) is 2. The summed E-state index contributed by atoms with van der Waals surface area (Å²) < 4.78 is 0. The Bertz CT molecular complexity index is 376. The van der Waals surface area contributed by atoms with Crippen LogP contribution in [0.25, 0.3) is 0 Å². The number of carboxylic acid groups (broad SMARTS) is 1. The Morgan fingerprint density at radius 3 is 2.46 bits per heavy atom. The normalized spacial score (nSPS) is 9.62.